The molecule has 18 heavy (non-hydrogen) atoms. The topological polar surface area (TPSA) is 24.5 Å². The van der Waals surface area contributed by atoms with Gasteiger partial charge in [0.05, 0.1) is 0 Å². The Bertz CT molecular complexity index is 217. The van der Waals surface area contributed by atoms with Gasteiger partial charge in [0.2, 0.25) is 0 Å². The highest BCUT2D eigenvalue weighted by Crippen LogP contribution is 2.19. The number of ether oxygens (including phenoxy) is 1. The second kappa shape index (κ2) is 8.13. The number of hydrogen-bond donors (Lipinski definition) is 1. The molecular weight excluding hydrogens is 224 g/mol. The van der Waals surface area contributed by atoms with Crippen molar-refractivity contribution in [3.8, 4) is 0 Å². The van der Waals surface area contributed by atoms with Crippen LogP contribution in [0.1, 0.15) is 45.4 Å². The summed E-state index contributed by atoms with van der Waals surface area (Å²) in [4.78, 5) is 2.65. The van der Waals surface area contributed by atoms with Crippen molar-refractivity contribution in [3.63, 3.8) is 0 Å². The normalized spacial score (nSPS) is 28.2. The molecule has 0 bridgehead atoms. The van der Waals surface area contributed by atoms with E-state index < -0.39 is 0 Å². The van der Waals surface area contributed by atoms with Crippen LogP contribution in [0.5, 0.6) is 0 Å². The monoisotopic (exact) mass is 254 g/mol. The average molecular weight is 254 g/mol. The molecule has 0 amide bonds. The minimum Gasteiger partial charge on any atom is -0.381 e. The molecule has 0 spiro atoms. The molecule has 2 saturated heterocycles. The summed E-state index contributed by atoms with van der Waals surface area (Å²) in [5, 5.41) is 3.69. The lowest BCUT2D eigenvalue weighted by Gasteiger charge is -2.25. The summed E-state index contributed by atoms with van der Waals surface area (Å²) in [6.45, 7) is 9.24. The van der Waals surface area contributed by atoms with Gasteiger partial charge in [-0.2, -0.15) is 0 Å². The van der Waals surface area contributed by atoms with Crippen LogP contribution >= 0.6 is 0 Å². The minimum atomic E-state index is 0.703. The van der Waals surface area contributed by atoms with Gasteiger partial charge in [-0.05, 0) is 51.1 Å². The molecule has 0 radical (unpaired) electrons. The Morgan fingerprint density at radius 2 is 1.94 bits per heavy atom. The van der Waals surface area contributed by atoms with Crippen LogP contribution < -0.4 is 5.32 Å². The molecule has 3 nitrogen and oxygen atoms in total. The van der Waals surface area contributed by atoms with Crippen LogP contribution in [0, 0.1) is 5.92 Å². The third-order valence-corrected chi connectivity index (χ3v) is 4.60. The lowest BCUT2D eigenvalue weighted by molar-refractivity contribution is 0.0772. The van der Waals surface area contributed by atoms with Gasteiger partial charge in [-0.1, -0.05) is 13.3 Å². The van der Waals surface area contributed by atoms with Gasteiger partial charge in [0, 0.05) is 32.3 Å². The van der Waals surface area contributed by atoms with E-state index in [4.69, 9.17) is 4.74 Å². The molecule has 2 rings (SSSR count). The van der Waals surface area contributed by atoms with E-state index in [1.165, 1.54) is 58.2 Å². The van der Waals surface area contributed by atoms with Gasteiger partial charge in [-0.25, -0.2) is 0 Å². The average Bonchev–Trinajstić information content (AvgIpc) is 2.65. The van der Waals surface area contributed by atoms with E-state index in [2.05, 4.69) is 17.1 Å². The van der Waals surface area contributed by atoms with Crippen molar-refractivity contribution in [2.24, 2.45) is 5.92 Å². The Labute approximate surface area is 112 Å². The molecule has 0 saturated carbocycles. The van der Waals surface area contributed by atoms with Crippen LogP contribution in [0.2, 0.25) is 0 Å². The van der Waals surface area contributed by atoms with Gasteiger partial charge in [-0.15, -0.1) is 0 Å². The van der Waals surface area contributed by atoms with Crippen LogP contribution in [0.4, 0.5) is 0 Å². The zero-order valence-electron chi connectivity index (χ0n) is 12.0. The van der Waals surface area contributed by atoms with E-state index in [1.54, 1.807) is 0 Å². The van der Waals surface area contributed by atoms with Gasteiger partial charge in [0.25, 0.3) is 0 Å². The summed E-state index contributed by atoms with van der Waals surface area (Å²) in [5.41, 5.74) is 0. The lowest BCUT2D eigenvalue weighted by Crippen LogP contribution is -2.40. The summed E-state index contributed by atoms with van der Waals surface area (Å²) < 4.78 is 5.39. The first-order valence-corrected chi connectivity index (χ1v) is 7.92. The van der Waals surface area contributed by atoms with Gasteiger partial charge < -0.3 is 15.0 Å². The van der Waals surface area contributed by atoms with Gasteiger partial charge in [-0.3, -0.25) is 0 Å². The largest absolute Gasteiger partial charge is 0.381 e. The van der Waals surface area contributed by atoms with E-state index in [9.17, 15) is 0 Å². The number of nitrogens with zero attached hydrogens (tertiary/aromatic N) is 1. The fourth-order valence-electron chi connectivity index (χ4n) is 3.19. The molecule has 2 aliphatic rings. The summed E-state index contributed by atoms with van der Waals surface area (Å²) in [5.74, 6) is 0.985. The molecule has 106 valence electrons. The smallest absolute Gasteiger partial charge is 0.0480 e. The third kappa shape index (κ3) is 4.87. The van der Waals surface area contributed by atoms with Crippen LogP contribution in [0.25, 0.3) is 0 Å². The molecule has 1 N–H and O–H groups in total. The predicted octanol–water partition coefficient (Wildman–Crippen LogP) is 2.27. The lowest BCUT2D eigenvalue weighted by atomic mass is 9.98. The maximum atomic E-state index is 5.39. The van der Waals surface area contributed by atoms with Gasteiger partial charge >= 0.3 is 0 Å². The molecule has 0 aromatic heterocycles. The van der Waals surface area contributed by atoms with Crippen molar-refractivity contribution in [1.29, 1.82) is 0 Å². The van der Waals surface area contributed by atoms with Crippen LogP contribution in [0.15, 0.2) is 0 Å². The molecular formula is C15H30N2O. The Balaban J connectivity index is 1.58. The van der Waals surface area contributed by atoms with E-state index in [1.807, 2.05) is 0 Å². The summed E-state index contributed by atoms with van der Waals surface area (Å²) in [6.07, 6.45) is 8.01. The zero-order chi connectivity index (χ0) is 12.6. The molecule has 3 heteroatoms. The Kier molecular flexibility index (Phi) is 6.46. The predicted molar refractivity (Wildman–Crippen MR) is 75.9 cm³/mol. The molecule has 0 aliphatic carbocycles. The van der Waals surface area contributed by atoms with Crippen LogP contribution in [-0.2, 0) is 4.74 Å². The second-order valence-corrected chi connectivity index (χ2v) is 5.89. The number of rotatable bonds is 5. The third-order valence-electron chi connectivity index (χ3n) is 4.60. The van der Waals surface area contributed by atoms with Crippen molar-refractivity contribution < 1.29 is 4.74 Å². The van der Waals surface area contributed by atoms with Gasteiger partial charge in [0.15, 0.2) is 0 Å². The summed E-state index contributed by atoms with van der Waals surface area (Å²) in [7, 11) is 0. The Morgan fingerprint density at radius 1 is 1.11 bits per heavy atom. The Morgan fingerprint density at radius 3 is 2.72 bits per heavy atom. The summed E-state index contributed by atoms with van der Waals surface area (Å²) >= 11 is 0. The molecule has 1 atom stereocenters. The molecule has 2 heterocycles. The minimum absolute atomic E-state index is 0.703. The molecule has 2 fully saturated rings. The number of nitrogens with one attached hydrogen (secondary N) is 1. The van der Waals surface area contributed by atoms with Crippen molar-refractivity contribution >= 4 is 0 Å². The van der Waals surface area contributed by atoms with Crippen molar-refractivity contribution in [1.82, 2.24) is 10.2 Å². The first-order chi connectivity index (χ1) is 8.88. The van der Waals surface area contributed by atoms with E-state index in [-0.39, 0.29) is 0 Å². The number of hydrogen-bond acceptors (Lipinski definition) is 3. The van der Waals surface area contributed by atoms with E-state index in [0.717, 1.165) is 25.7 Å². The second-order valence-electron chi connectivity index (χ2n) is 5.89. The highest BCUT2D eigenvalue weighted by Gasteiger charge is 2.16. The fraction of sp³-hybridized carbons (Fsp3) is 1.00. The highest BCUT2D eigenvalue weighted by molar-refractivity contribution is 4.73. The van der Waals surface area contributed by atoms with Crippen molar-refractivity contribution in [3.05, 3.63) is 0 Å². The molecule has 0 aromatic rings. The molecule has 0 aromatic carbocycles. The fourth-order valence-corrected chi connectivity index (χ4v) is 3.19. The standard InChI is InChI=1S/C15H30N2O/c1-2-14-4-3-9-17(10-5-14)11-8-16-15-6-12-18-13-7-15/h14-16H,2-13H2,1H3. The van der Waals surface area contributed by atoms with E-state index >= 15 is 0 Å². The number of likely N-dealkylation sites (tertiary alicyclic amines) is 1. The first kappa shape index (κ1) is 14.3. The summed E-state index contributed by atoms with van der Waals surface area (Å²) in [6, 6.07) is 0.703. The highest BCUT2D eigenvalue weighted by atomic mass is 16.5. The molecule has 2 aliphatic heterocycles. The zero-order valence-corrected chi connectivity index (χ0v) is 12.0. The quantitative estimate of drug-likeness (QED) is 0.814. The SMILES string of the molecule is CCC1CCCN(CCNC2CCOCC2)CC1. The maximum absolute atomic E-state index is 5.39. The van der Waals surface area contributed by atoms with E-state index in [0.29, 0.717) is 6.04 Å². The van der Waals surface area contributed by atoms with Crippen LogP contribution in [-0.4, -0.2) is 50.3 Å². The maximum Gasteiger partial charge on any atom is 0.0480 e. The van der Waals surface area contributed by atoms with Gasteiger partial charge in [0.1, 0.15) is 0 Å². The Hall–Kier alpha value is -0.120. The molecule has 1 unspecified atom stereocenters. The van der Waals surface area contributed by atoms with Crippen LogP contribution in [0.3, 0.4) is 0 Å². The van der Waals surface area contributed by atoms with Crippen molar-refractivity contribution in [2.45, 2.75) is 51.5 Å². The van der Waals surface area contributed by atoms with Crippen molar-refractivity contribution in [2.75, 3.05) is 39.4 Å². The first-order valence-electron chi connectivity index (χ1n) is 7.92.